The number of rotatable bonds is 2. The van der Waals surface area contributed by atoms with Gasteiger partial charge in [-0.25, -0.2) is 0 Å². The van der Waals surface area contributed by atoms with Crippen molar-refractivity contribution >= 4 is 27.9 Å². The number of halogens is 1. The molecule has 14 heavy (non-hydrogen) atoms. The molecule has 1 rings (SSSR count). The molecule has 0 radical (unpaired) electrons. The monoisotopic (exact) mass is 251 g/mol. The topological polar surface area (TPSA) is 65.8 Å². The molecule has 70 valence electrons. The quantitative estimate of drug-likeness (QED) is 0.344. The van der Waals surface area contributed by atoms with Gasteiger partial charge in [-0.3, -0.25) is 4.79 Å². The minimum atomic E-state index is -0.604. The zero-order chi connectivity index (χ0) is 10.4. The first-order valence-corrected chi connectivity index (χ1v) is 4.54. The van der Waals surface area contributed by atoms with Crippen LogP contribution in [0.1, 0.15) is 5.56 Å². The molecular formula is C9H6BrN3O. The van der Waals surface area contributed by atoms with Crippen molar-refractivity contribution in [2.75, 3.05) is 0 Å². The van der Waals surface area contributed by atoms with Gasteiger partial charge in [-0.2, -0.15) is 0 Å². The average molecular weight is 252 g/mol. The fourth-order valence-corrected chi connectivity index (χ4v) is 1.27. The molecular weight excluding hydrogens is 246 g/mol. The Morgan fingerprint density at radius 3 is 3.00 bits per heavy atom. The number of nitrogens with zero attached hydrogens (tertiary/aromatic N) is 3. The van der Waals surface area contributed by atoms with Crippen LogP contribution in [0.3, 0.4) is 0 Å². The molecule has 0 spiro atoms. The molecule has 4 nitrogen and oxygen atoms in total. The van der Waals surface area contributed by atoms with Crippen molar-refractivity contribution in [1.29, 1.82) is 0 Å². The van der Waals surface area contributed by atoms with E-state index in [0.717, 1.165) is 10.0 Å². The van der Waals surface area contributed by atoms with Crippen LogP contribution in [0, 0.1) is 0 Å². The highest BCUT2D eigenvalue weighted by atomic mass is 79.9. The van der Waals surface area contributed by atoms with Crippen LogP contribution in [0.15, 0.2) is 39.9 Å². The van der Waals surface area contributed by atoms with E-state index in [-0.39, 0.29) is 0 Å². The van der Waals surface area contributed by atoms with Crippen molar-refractivity contribution in [3.63, 3.8) is 0 Å². The second kappa shape index (κ2) is 5.21. The Morgan fingerprint density at radius 1 is 1.57 bits per heavy atom. The minimum absolute atomic E-state index is 0.604. The molecule has 0 saturated heterocycles. The van der Waals surface area contributed by atoms with Crippen molar-refractivity contribution < 1.29 is 4.79 Å². The smallest absolute Gasteiger partial charge is 0.242 e. The molecule has 1 aromatic carbocycles. The van der Waals surface area contributed by atoms with Crippen molar-refractivity contribution in [2.45, 2.75) is 0 Å². The Morgan fingerprint density at radius 2 is 2.36 bits per heavy atom. The predicted octanol–water partition coefficient (Wildman–Crippen LogP) is 3.30. The molecule has 0 bridgehead atoms. The molecule has 0 unspecified atom stereocenters. The van der Waals surface area contributed by atoms with Gasteiger partial charge in [0, 0.05) is 9.38 Å². The van der Waals surface area contributed by atoms with Crippen LogP contribution in [0.25, 0.3) is 16.5 Å². The van der Waals surface area contributed by atoms with Gasteiger partial charge >= 0.3 is 0 Å². The lowest BCUT2D eigenvalue weighted by Gasteiger charge is -1.92. The van der Waals surface area contributed by atoms with Crippen LogP contribution >= 0.6 is 15.9 Å². The number of carbonyl (C=O) groups is 1. The Balaban J connectivity index is 2.78. The number of benzene rings is 1. The summed E-state index contributed by atoms with van der Waals surface area (Å²) in [5.74, 6) is -0.604. The maximum absolute atomic E-state index is 10.8. The van der Waals surface area contributed by atoms with Crippen LogP contribution in [0.2, 0.25) is 0 Å². The van der Waals surface area contributed by atoms with E-state index >= 15 is 0 Å². The summed E-state index contributed by atoms with van der Waals surface area (Å²) in [5.41, 5.74) is 8.84. The van der Waals surface area contributed by atoms with Gasteiger partial charge in [-0.1, -0.05) is 34.1 Å². The van der Waals surface area contributed by atoms with Gasteiger partial charge < -0.3 is 0 Å². The Kier molecular flexibility index (Phi) is 3.91. The number of hydrogen-bond donors (Lipinski definition) is 0. The first kappa shape index (κ1) is 10.5. The molecule has 0 atom stereocenters. The van der Waals surface area contributed by atoms with Crippen LogP contribution in [0.5, 0.6) is 0 Å². The van der Waals surface area contributed by atoms with Gasteiger partial charge in [0.1, 0.15) is 0 Å². The summed E-state index contributed by atoms with van der Waals surface area (Å²) >= 11 is 3.30. The number of azide groups is 1. The molecule has 0 aliphatic carbocycles. The van der Waals surface area contributed by atoms with E-state index in [1.807, 2.05) is 24.3 Å². The van der Waals surface area contributed by atoms with E-state index in [9.17, 15) is 4.79 Å². The zero-order valence-electron chi connectivity index (χ0n) is 7.09. The third-order valence-electron chi connectivity index (χ3n) is 1.41. The molecule has 1 amide bonds. The molecule has 0 aliphatic rings. The summed E-state index contributed by atoms with van der Waals surface area (Å²) in [7, 11) is 0. The molecule has 0 aliphatic heterocycles. The maximum Gasteiger partial charge on any atom is 0.242 e. The standard InChI is InChI=1S/C9H6BrN3O/c10-8-3-1-2-7(6-8)4-5-9(14)12-13-11/h1-6H. The fraction of sp³-hybridized carbons (Fsp3) is 0. The Hall–Kier alpha value is -1.58. The van der Waals surface area contributed by atoms with Crippen LogP contribution in [-0.2, 0) is 4.79 Å². The first-order chi connectivity index (χ1) is 6.72. The highest BCUT2D eigenvalue weighted by Gasteiger charge is 1.91. The lowest BCUT2D eigenvalue weighted by Crippen LogP contribution is -1.82. The summed E-state index contributed by atoms with van der Waals surface area (Å²) in [5, 5.41) is 2.91. The third kappa shape index (κ3) is 3.43. The summed E-state index contributed by atoms with van der Waals surface area (Å²) in [6.45, 7) is 0. The maximum atomic E-state index is 10.8. The molecule has 0 heterocycles. The summed E-state index contributed by atoms with van der Waals surface area (Å²) < 4.78 is 0.927. The van der Waals surface area contributed by atoms with Crippen molar-refractivity contribution in [3.8, 4) is 0 Å². The summed E-state index contributed by atoms with van der Waals surface area (Å²) in [4.78, 5) is 13.2. The molecule has 5 heteroatoms. The van der Waals surface area contributed by atoms with E-state index in [0.29, 0.717) is 0 Å². The molecule has 1 aromatic rings. The van der Waals surface area contributed by atoms with Gasteiger partial charge in [0.05, 0.1) is 0 Å². The molecule has 0 saturated carbocycles. The van der Waals surface area contributed by atoms with Crippen molar-refractivity contribution in [2.24, 2.45) is 5.11 Å². The van der Waals surface area contributed by atoms with E-state index < -0.39 is 5.91 Å². The molecule has 0 aromatic heterocycles. The summed E-state index contributed by atoms with van der Waals surface area (Å²) in [6, 6.07) is 7.42. The van der Waals surface area contributed by atoms with E-state index in [4.69, 9.17) is 5.53 Å². The second-order valence-electron chi connectivity index (χ2n) is 2.42. The average Bonchev–Trinajstić information content (AvgIpc) is 2.15. The lowest BCUT2D eigenvalue weighted by molar-refractivity contribution is -0.113. The summed E-state index contributed by atoms with van der Waals surface area (Å²) in [6.07, 6.45) is 2.81. The van der Waals surface area contributed by atoms with Crippen molar-refractivity contribution in [1.82, 2.24) is 0 Å². The SMILES string of the molecule is [N-]=[N+]=NC(=O)C=Cc1cccc(Br)c1. The van der Waals surface area contributed by atoms with Gasteiger partial charge in [0.25, 0.3) is 0 Å². The zero-order valence-corrected chi connectivity index (χ0v) is 8.68. The number of carbonyl (C=O) groups excluding carboxylic acids is 1. The van der Waals surface area contributed by atoms with Gasteiger partial charge in [-0.15, -0.1) is 0 Å². The molecule has 0 N–H and O–H groups in total. The minimum Gasteiger partial charge on any atom is -0.288 e. The van der Waals surface area contributed by atoms with E-state index in [1.165, 1.54) is 6.08 Å². The fourth-order valence-electron chi connectivity index (χ4n) is 0.855. The highest BCUT2D eigenvalue weighted by molar-refractivity contribution is 9.10. The van der Waals surface area contributed by atoms with Crippen LogP contribution in [0.4, 0.5) is 0 Å². The van der Waals surface area contributed by atoms with E-state index in [2.05, 4.69) is 26.0 Å². The van der Waals surface area contributed by atoms with Gasteiger partial charge in [0.2, 0.25) is 5.91 Å². The third-order valence-corrected chi connectivity index (χ3v) is 1.90. The number of hydrogen-bond acceptors (Lipinski definition) is 1. The largest absolute Gasteiger partial charge is 0.288 e. The van der Waals surface area contributed by atoms with Crippen molar-refractivity contribution in [3.05, 3.63) is 50.8 Å². The van der Waals surface area contributed by atoms with Gasteiger partial charge in [-0.05, 0) is 34.4 Å². The molecule has 0 fully saturated rings. The Labute approximate surface area is 89.0 Å². The van der Waals surface area contributed by atoms with E-state index in [1.54, 1.807) is 6.08 Å². The lowest BCUT2D eigenvalue weighted by atomic mass is 10.2. The van der Waals surface area contributed by atoms with Gasteiger partial charge in [0.15, 0.2) is 0 Å². The normalized spacial score (nSPS) is 9.79. The Bertz CT molecular complexity index is 422. The van der Waals surface area contributed by atoms with Crippen LogP contribution in [-0.4, -0.2) is 5.91 Å². The predicted molar refractivity (Wildman–Crippen MR) is 57.3 cm³/mol. The first-order valence-electron chi connectivity index (χ1n) is 3.75. The number of amides is 1. The second-order valence-corrected chi connectivity index (χ2v) is 3.33. The van der Waals surface area contributed by atoms with Crippen LogP contribution < -0.4 is 0 Å². The highest BCUT2D eigenvalue weighted by Crippen LogP contribution is 2.12.